The fourth-order valence-electron chi connectivity index (χ4n) is 7.08. The van der Waals surface area contributed by atoms with Crippen LogP contribution < -0.4 is 10.6 Å². The Hall–Kier alpha value is -5.26. The maximum atomic E-state index is 13.6. The van der Waals surface area contributed by atoms with Crippen LogP contribution in [0.1, 0.15) is 114 Å². The molecule has 5 rings (SSSR count). The highest BCUT2D eigenvalue weighted by Crippen LogP contribution is 2.42. The molecule has 2 aliphatic rings. The van der Waals surface area contributed by atoms with Crippen molar-refractivity contribution < 1.29 is 29.4 Å². The van der Waals surface area contributed by atoms with Gasteiger partial charge >= 0.3 is 11.9 Å². The molecule has 0 radical (unpaired) electrons. The van der Waals surface area contributed by atoms with Gasteiger partial charge in [0.15, 0.2) is 0 Å². The van der Waals surface area contributed by atoms with Crippen molar-refractivity contribution in [1.82, 2.24) is 30.6 Å². The first-order chi connectivity index (χ1) is 23.2. The Morgan fingerprint density at radius 1 is 0.796 bits per heavy atom. The first-order valence-corrected chi connectivity index (χ1v) is 16.7. The minimum absolute atomic E-state index is 0.0845. The number of aliphatic carboxylic acids is 2. The lowest BCUT2D eigenvalue weighted by atomic mass is 9.85. The molecule has 0 saturated heterocycles. The first kappa shape index (κ1) is 35.1. The monoisotopic (exact) mass is 668 g/mol. The Labute approximate surface area is 284 Å². The van der Waals surface area contributed by atoms with E-state index in [0.717, 1.165) is 57.7 Å². The number of nitrogens with one attached hydrogen (secondary N) is 4. The number of carbonyl (C=O) groups is 4. The Bertz CT molecular complexity index is 2070. The maximum absolute atomic E-state index is 13.6. The Balaban J connectivity index is 1.86. The van der Waals surface area contributed by atoms with E-state index in [1.54, 1.807) is 0 Å². The number of rotatable bonds is 10. The van der Waals surface area contributed by atoms with E-state index in [1.807, 2.05) is 26.0 Å². The Morgan fingerprint density at radius 3 is 2.10 bits per heavy atom. The summed E-state index contributed by atoms with van der Waals surface area (Å²) in [5.74, 6) is -3.54. The van der Waals surface area contributed by atoms with Crippen molar-refractivity contribution in [2.75, 3.05) is 13.1 Å². The second kappa shape index (κ2) is 14.1. The summed E-state index contributed by atoms with van der Waals surface area (Å²) in [4.78, 5) is 66.0. The molecule has 0 spiro atoms. The lowest BCUT2D eigenvalue weighted by Gasteiger charge is -2.17. The molecular formula is C37H44N6O6. The van der Waals surface area contributed by atoms with Gasteiger partial charge in [-0.1, -0.05) is 20.8 Å². The molecule has 8 bridgehead atoms. The second-order valence-electron chi connectivity index (χ2n) is 12.8. The maximum Gasteiger partial charge on any atom is 0.322 e. The fourth-order valence-corrected chi connectivity index (χ4v) is 7.08. The molecule has 12 nitrogen and oxygen atoms in total. The average molecular weight is 669 g/mol. The largest absolute Gasteiger partial charge is 0.480 e. The molecule has 3 aromatic heterocycles. The molecule has 0 aliphatic carbocycles. The highest BCUT2D eigenvalue weighted by atomic mass is 16.4. The fraction of sp³-hybridized carbons (Fsp3) is 0.405. The third-order valence-corrected chi connectivity index (χ3v) is 9.86. The van der Waals surface area contributed by atoms with Crippen LogP contribution in [0.2, 0.25) is 0 Å². The molecule has 2 aliphatic heterocycles. The lowest BCUT2D eigenvalue weighted by Crippen LogP contribution is -2.29. The number of allylic oxidation sites excluding steroid dienone is 2. The number of carbonyl (C=O) groups excluding carboxylic acids is 2. The minimum Gasteiger partial charge on any atom is -0.480 e. The van der Waals surface area contributed by atoms with Crippen molar-refractivity contribution in [3.8, 4) is 0 Å². The molecule has 49 heavy (non-hydrogen) atoms. The number of aromatic amines is 2. The Kier molecular flexibility index (Phi) is 10.1. The van der Waals surface area contributed by atoms with Crippen molar-refractivity contribution >= 4 is 57.0 Å². The van der Waals surface area contributed by atoms with Gasteiger partial charge in [0.2, 0.25) is 5.91 Å². The van der Waals surface area contributed by atoms with Gasteiger partial charge in [-0.2, -0.15) is 0 Å². The highest BCUT2D eigenvalue weighted by Gasteiger charge is 2.32. The van der Waals surface area contributed by atoms with Gasteiger partial charge < -0.3 is 30.8 Å². The SMILES string of the molecule is CCC1=C(C)c2cc3[nH]c(cc4nc(c(C)c5[nH]c(cc1n2)c(C)c5C(=O)NCC(=O)O)C(CCC(=O)NCC(=O)O)C4C)c(C)c3CC. The van der Waals surface area contributed by atoms with Crippen LogP contribution in [0.25, 0.3) is 33.2 Å². The van der Waals surface area contributed by atoms with Gasteiger partial charge in [0.25, 0.3) is 5.91 Å². The number of carboxylic acids is 2. The van der Waals surface area contributed by atoms with E-state index >= 15 is 0 Å². The van der Waals surface area contributed by atoms with Gasteiger partial charge in [-0.15, -0.1) is 0 Å². The average Bonchev–Trinajstić information content (AvgIpc) is 3.74. The normalized spacial score (nSPS) is 15.7. The summed E-state index contributed by atoms with van der Waals surface area (Å²) in [5, 5.41) is 23.3. The van der Waals surface area contributed by atoms with Crippen LogP contribution in [0.4, 0.5) is 0 Å². The predicted octanol–water partition coefficient (Wildman–Crippen LogP) is 5.83. The third-order valence-electron chi connectivity index (χ3n) is 9.86. The van der Waals surface area contributed by atoms with Crippen molar-refractivity contribution in [2.45, 2.75) is 86.0 Å². The molecule has 3 aromatic rings. The number of aryl methyl sites for hydroxylation is 4. The standard InChI is InChI=1S/C37H44N6O6/c1-8-22-17(3)25-12-27-19(5)24(10-11-31(44)38-15-32(45)46)35(42-27)21(7)36-34(37(49)39-16-33(47)48)20(6)28(43-36)14-30-23(9-2)18(4)26(41-30)13-29(22)40-25/h12-14,19,24,40,43H,8-11,15-16H2,1-7H3,(H,38,44)(H,39,49)(H,45,46)(H,47,48). The van der Waals surface area contributed by atoms with Gasteiger partial charge in [-0.3, -0.25) is 24.2 Å². The Morgan fingerprint density at radius 2 is 1.45 bits per heavy atom. The molecule has 258 valence electrons. The van der Waals surface area contributed by atoms with Crippen molar-refractivity contribution in [3.63, 3.8) is 0 Å². The zero-order chi connectivity index (χ0) is 35.7. The molecule has 12 heteroatoms. The molecule has 6 N–H and O–H groups in total. The number of amides is 2. The van der Waals surface area contributed by atoms with Crippen LogP contribution in [0.3, 0.4) is 0 Å². The van der Waals surface area contributed by atoms with Gasteiger partial charge in [-0.25, -0.2) is 4.98 Å². The zero-order valence-electron chi connectivity index (χ0n) is 29.1. The summed E-state index contributed by atoms with van der Waals surface area (Å²) in [7, 11) is 0. The number of hydrogen-bond acceptors (Lipinski definition) is 6. The van der Waals surface area contributed by atoms with Crippen LogP contribution in [0, 0.1) is 20.8 Å². The molecule has 2 atom stereocenters. The third kappa shape index (κ3) is 6.85. The second-order valence-corrected chi connectivity index (χ2v) is 12.8. The van der Waals surface area contributed by atoms with E-state index in [1.165, 1.54) is 5.56 Å². The first-order valence-electron chi connectivity index (χ1n) is 16.7. The van der Waals surface area contributed by atoms with Crippen LogP contribution in [-0.4, -0.2) is 67.0 Å². The minimum atomic E-state index is -1.16. The van der Waals surface area contributed by atoms with Gasteiger partial charge in [0.05, 0.1) is 22.5 Å². The number of H-pyrrole nitrogens is 2. The van der Waals surface area contributed by atoms with Crippen LogP contribution in [0.15, 0.2) is 18.2 Å². The van der Waals surface area contributed by atoms with Crippen molar-refractivity contribution in [3.05, 3.63) is 68.8 Å². The van der Waals surface area contributed by atoms with Gasteiger partial charge in [0.1, 0.15) is 13.1 Å². The summed E-state index contributed by atoms with van der Waals surface area (Å²) in [6.45, 7) is 13.1. The predicted molar refractivity (Wildman–Crippen MR) is 188 cm³/mol. The van der Waals surface area contributed by atoms with E-state index in [9.17, 15) is 24.3 Å². The van der Waals surface area contributed by atoms with E-state index in [-0.39, 0.29) is 24.2 Å². The summed E-state index contributed by atoms with van der Waals surface area (Å²) in [5.41, 5.74) is 12.3. The number of hydrogen-bond donors (Lipinski definition) is 6. The summed E-state index contributed by atoms with van der Waals surface area (Å²) in [6.07, 6.45) is 2.04. The quantitative estimate of drug-likeness (QED) is 0.156. The van der Waals surface area contributed by atoms with Crippen molar-refractivity contribution in [2.24, 2.45) is 0 Å². The lowest BCUT2D eigenvalue weighted by molar-refractivity contribution is -0.138. The number of nitrogens with zero attached hydrogens (tertiary/aromatic N) is 2. The van der Waals surface area contributed by atoms with Gasteiger partial charge in [-0.05, 0) is 98.6 Å². The summed E-state index contributed by atoms with van der Waals surface area (Å²) < 4.78 is 0. The van der Waals surface area contributed by atoms with E-state index in [4.69, 9.17) is 15.1 Å². The molecule has 0 saturated carbocycles. The molecule has 2 amide bonds. The molecule has 2 unspecified atom stereocenters. The highest BCUT2D eigenvalue weighted by molar-refractivity contribution is 6.06. The van der Waals surface area contributed by atoms with E-state index in [0.29, 0.717) is 39.8 Å². The van der Waals surface area contributed by atoms with Crippen molar-refractivity contribution in [1.29, 1.82) is 0 Å². The molecule has 0 fully saturated rings. The smallest absolute Gasteiger partial charge is 0.322 e. The molecule has 0 aromatic carbocycles. The topological polar surface area (TPSA) is 190 Å². The van der Waals surface area contributed by atoms with E-state index in [2.05, 4.69) is 61.3 Å². The van der Waals surface area contributed by atoms with Crippen LogP contribution >= 0.6 is 0 Å². The van der Waals surface area contributed by atoms with Crippen LogP contribution in [-0.2, 0) is 20.8 Å². The molecule has 5 heterocycles. The van der Waals surface area contributed by atoms with Crippen LogP contribution in [0.5, 0.6) is 0 Å². The number of aromatic nitrogens is 4. The van der Waals surface area contributed by atoms with Gasteiger partial charge in [0, 0.05) is 46.2 Å². The molecular weight excluding hydrogens is 624 g/mol. The zero-order valence-corrected chi connectivity index (χ0v) is 29.1. The van der Waals surface area contributed by atoms with E-state index < -0.39 is 30.9 Å². The summed E-state index contributed by atoms with van der Waals surface area (Å²) >= 11 is 0. The number of carboxylic acid groups (broad SMARTS) is 2. The summed E-state index contributed by atoms with van der Waals surface area (Å²) in [6, 6.07) is 6.08. The number of fused-ring (bicyclic) bond motifs is 8.